The maximum atomic E-state index is 5.70. The quantitative estimate of drug-likeness (QED) is 0.727. The Morgan fingerprint density at radius 1 is 1.33 bits per heavy atom. The molecular weight excluding hydrogens is 206 g/mol. The van der Waals surface area contributed by atoms with E-state index in [0.717, 1.165) is 21.0 Å². The zero-order valence-electron chi connectivity index (χ0n) is 9.16. The predicted octanol–water partition coefficient (Wildman–Crippen LogP) is 3.09. The minimum absolute atomic E-state index is 0.0411. The van der Waals surface area contributed by atoms with E-state index in [-0.39, 0.29) is 5.54 Å². The summed E-state index contributed by atoms with van der Waals surface area (Å²) in [5.41, 5.74) is 7.47. The van der Waals surface area contributed by atoms with Crippen LogP contribution in [0.1, 0.15) is 20.8 Å². The molecule has 0 fully saturated rings. The number of nitrogens with two attached hydrogens (primary N) is 1. The van der Waals surface area contributed by atoms with Crippen molar-refractivity contribution in [3.63, 3.8) is 0 Å². The maximum Gasteiger partial charge on any atom is 0.184 e. The lowest BCUT2D eigenvalue weighted by molar-refractivity contribution is 0.633. The number of anilines is 2. The van der Waals surface area contributed by atoms with Crippen molar-refractivity contribution < 1.29 is 0 Å². The van der Waals surface area contributed by atoms with Crippen LogP contribution >= 0.6 is 11.3 Å². The van der Waals surface area contributed by atoms with Gasteiger partial charge >= 0.3 is 0 Å². The van der Waals surface area contributed by atoms with E-state index in [1.54, 1.807) is 11.3 Å². The number of nitrogen functional groups attached to an aromatic ring is 1. The number of benzene rings is 1. The minimum atomic E-state index is 0.0411. The van der Waals surface area contributed by atoms with Crippen LogP contribution in [-0.4, -0.2) is 10.5 Å². The fourth-order valence-corrected chi connectivity index (χ4v) is 2.37. The number of aromatic nitrogens is 1. The van der Waals surface area contributed by atoms with Gasteiger partial charge in [-0.05, 0) is 39.0 Å². The van der Waals surface area contributed by atoms with Crippen molar-refractivity contribution in [2.75, 3.05) is 11.1 Å². The highest BCUT2D eigenvalue weighted by Crippen LogP contribution is 2.28. The van der Waals surface area contributed by atoms with Crippen molar-refractivity contribution in [1.29, 1.82) is 0 Å². The molecule has 0 atom stereocenters. The van der Waals surface area contributed by atoms with Crippen LogP contribution in [0.5, 0.6) is 0 Å². The third-order valence-electron chi connectivity index (χ3n) is 1.89. The molecule has 15 heavy (non-hydrogen) atoms. The van der Waals surface area contributed by atoms with Crippen molar-refractivity contribution in [3.05, 3.63) is 18.2 Å². The monoisotopic (exact) mass is 221 g/mol. The van der Waals surface area contributed by atoms with Crippen LogP contribution in [-0.2, 0) is 0 Å². The van der Waals surface area contributed by atoms with Gasteiger partial charge in [0.2, 0.25) is 0 Å². The molecule has 1 aromatic carbocycles. The van der Waals surface area contributed by atoms with Gasteiger partial charge < -0.3 is 11.1 Å². The summed E-state index contributed by atoms with van der Waals surface area (Å²) >= 11 is 1.66. The Bertz CT molecular complexity index is 482. The lowest BCUT2D eigenvalue weighted by Crippen LogP contribution is -2.25. The molecule has 0 aliphatic carbocycles. The van der Waals surface area contributed by atoms with Crippen molar-refractivity contribution >= 4 is 32.4 Å². The molecule has 1 heterocycles. The van der Waals surface area contributed by atoms with Crippen LogP contribution in [0.15, 0.2) is 18.2 Å². The van der Waals surface area contributed by atoms with Crippen molar-refractivity contribution in [1.82, 2.24) is 4.98 Å². The molecule has 80 valence electrons. The molecule has 0 radical (unpaired) electrons. The Hall–Kier alpha value is -1.29. The summed E-state index contributed by atoms with van der Waals surface area (Å²) in [4.78, 5) is 4.49. The van der Waals surface area contributed by atoms with Gasteiger partial charge in [-0.2, -0.15) is 0 Å². The third-order valence-corrected chi connectivity index (χ3v) is 2.85. The first kappa shape index (κ1) is 10.2. The Labute approximate surface area is 93.3 Å². The number of rotatable bonds is 1. The topological polar surface area (TPSA) is 50.9 Å². The lowest BCUT2D eigenvalue weighted by Gasteiger charge is -2.19. The highest BCUT2D eigenvalue weighted by Gasteiger charge is 2.12. The van der Waals surface area contributed by atoms with Gasteiger partial charge in [0.25, 0.3) is 0 Å². The van der Waals surface area contributed by atoms with Crippen LogP contribution in [0.2, 0.25) is 0 Å². The predicted molar refractivity (Wildman–Crippen MR) is 67.4 cm³/mol. The van der Waals surface area contributed by atoms with Crippen LogP contribution in [0.25, 0.3) is 10.2 Å². The molecule has 0 aliphatic heterocycles. The molecule has 3 nitrogen and oxygen atoms in total. The summed E-state index contributed by atoms with van der Waals surface area (Å²) in [7, 11) is 0. The molecule has 0 spiro atoms. The number of fused-ring (bicyclic) bond motifs is 1. The van der Waals surface area contributed by atoms with E-state index < -0.39 is 0 Å². The minimum Gasteiger partial charge on any atom is -0.399 e. The smallest absolute Gasteiger partial charge is 0.184 e. The molecule has 0 bridgehead atoms. The van der Waals surface area contributed by atoms with E-state index in [1.807, 2.05) is 18.2 Å². The fourth-order valence-electron chi connectivity index (χ4n) is 1.32. The van der Waals surface area contributed by atoms with E-state index in [0.29, 0.717) is 0 Å². The maximum absolute atomic E-state index is 5.70. The highest BCUT2D eigenvalue weighted by molar-refractivity contribution is 7.22. The second-order valence-electron chi connectivity index (χ2n) is 4.62. The molecule has 0 saturated carbocycles. The Morgan fingerprint density at radius 3 is 2.73 bits per heavy atom. The fraction of sp³-hybridized carbons (Fsp3) is 0.364. The van der Waals surface area contributed by atoms with E-state index in [2.05, 4.69) is 31.1 Å². The van der Waals surface area contributed by atoms with Crippen molar-refractivity contribution in [2.45, 2.75) is 26.3 Å². The summed E-state index contributed by atoms with van der Waals surface area (Å²) in [6.45, 7) is 6.36. The van der Waals surface area contributed by atoms with Gasteiger partial charge in [0.15, 0.2) is 5.13 Å². The molecule has 2 rings (SSSR count). The Morgan fingerprint density at radius 2 is 2.07 bits per heavy atom. The summed E-state index contributed by atoms with van der Waals surface area (Å²) in [6, 6.07) is 5.82. The van der Waals surface area contributed by atoms with Crippen LogP contribution in [0, 0.1) is 0 Å². The molecule has 2 aromatic rings. The zero-order chi connectivity index (χ0) is 11.1. The SMILES string of the molecule is CC(C)(C)Nc1nc2cc(N)ccc2s1. The Balaban J connectivity index is 2.39. The van der Waals surface area contributed by atoms with Crippen LogP contribution in [0.3, 0.4) is 0 Å². The van der Waals surface area contributed by atoms with Crippen LogP contribution in [0.4, 0.5) is 10.8 Å². The van der Waals surface area contributed by atoms with Gasteiger partial charge in [-0.15, -0.1) is 0 Å². The molecule has 0 amide bonds. The van der Waals surface area contributed by atoms with Gasteiger partial charge in [-0.25, -0.2) is 4.98 Å². The van der Waals surface area contributed by atoms with Gasteiger partial charge in [0, 0.05) is 11.2 Å². The second kappa shape index (κ2) is 3.38. The number of nitrogens with zero attached hydrogens (tertiary/aromatic N) is 1. The average molecular weight is 221 g/mol. The Kier molecular flexibility index (Phi) is 2.31. The van der Waals surface area contributed by atoms with Gasteiger partial charge in [-0.1, -0.05) is 11.3 Å². The van der Waals surface area contributed by atoms with E-state index in [1.165, 1.54) is 0 Å². The van der Waals surface area contributed by atoms with E-state index in [9.17, 15) is 0 Å². The second-order valence-corrected chi connectivity index (χ2v) is 5.65. The molecule has 4 heteroatoms. The first-order valence-corrected chi connectivity index (χ1v) is 5.70. The molecule has 3 N–H and O–H groups in total. The molecule has 0 saturated heterocycles. The average Bonchev–Trinajstić information content (AvgIpc) is 2.42. The summed E-state index contributed by atoms with van der Waals surface area (Å²) in [5, 5.41) is 4.30. The molecular formula is C11H15N3S. The van der Waals surface area contributed by atoms with Crippen molar-refractivity contribution in [2.24, 2.45) is 0 Å². The van der Waals surface area contributed by atoms with Gasteiger partial charge in [0.05, 0.1) is 10.2 Å². The van der Waals surface area contributed by atoms with Crippen LogP contribution < -0.4 is 11.1 Å². The van der Waals surface area contributed by atoms with Crippen molar-refractivity contribution in [3.8, 4) is 0 Å². The molecule has 0 unspecified atom stereocenters. The molecule has 1 aromatic heterocycles. The zero-order valence-corrected chi connectivity index (χ0v) is 9.98. The van der Waals surface area contributed by atoms with E-state index in [4.69, 9.17) is 5.73 Å². The standard InChI is InChI=1S/C11H15N3S/c1-11(2,3)14-10-13-8-6-7(12)4-5-9(8)15-10/h4-6H,12H2,1-3H3,(H,13,14). The van der Waals surface area contributed by atoms with E-state index >= 15 is 0 Å². The largest absolute Gasteiger partial charge is 0.399 e. The normalized spacial score (nSPS) is 11.9. The van der Waals surface area contributed by atoms with Gasteiger partial charge in [0.1, 0.15) is 0 Å². The third kappa shape index (κ3) is 2.39. The summed E-state index contributed by atoms with van der Waals surface area (Å²) in [5.74, 6) is 0. The number of thiazole rings is 1. The first-order valence-electron chi connectivity index (χ1n) is 4.88. The first-order chi connectivity index (χ1) is 6.94. The van der Waals surface area contributed by atoms with Gasteiger partial charge in [-0.3, -0.25) is 0 Å². The number of hydrogen-bond acceptors (Lipinski definition) is 4. The summed E-state index contributed by atoms with van der Waals surface area (Å²) in [6.07, 6.45) is 0. The number of nitrogens with one attached hydrogen (secondary N) is 1. The highest BCUT2D eigenvalue weighted by atomic mass is 32.1. The number of hydrogen-bond donors (Lipinski definition) is 2. The molecule has 0 aliphatic rings. The lowest BCUT2D eigenvalue weighted by atomic mass is 10.1. The summed E-state index contributed by atoms with van der Waals surface area (Å²) < 4.78 is 1.16.